The van der Waals surface area contributed by atoms with E-state index in [1.165, 1.54) is 36.4 Å². The van der Waals surface area contributed by atoms with Crippen LogP contribution < -0.4 is 0 Å². The van der Waals surface area contributed by atoms with Crippen LogP contribution in [-0.4, -0.2) is 27.3 Å². The first-order chi connectivity index (χ1) is 18.2. The summed E-state index contributed by atoms with van der Waals surface area (Å²) in [7, 11) is 0. The fourth-order valence-corrected chi connectivity index (χ4v) is 8.75. The van der Waals surface area contributed by atoms with Gasteiger partial charge < -0.3 is 0 Å². The predicted octanol–water partition coefficient (Wildman–Crippen LogP) is 8.35. The monoisotopic (exact) mass is 570 g/mol. The van der Waals surface area contributed by atoms with E-state index in [1.807, 2.05) is 12.1 Å². The van der Waals surface area contributed by atoms with E-state index in [0.29, 0.717) is 32.1 Å². The molecule has 2 unspecified atom stereocenters. The van der Waals surface area contributed by atoms with E-state index in [2.05, 4.69) is 0 Å². The molecule has 2 aromatic carbocycles. The Hall–Kier alpha value is -3.34. The Balaban J connectivity index is 1.62. The Morgan fingerprint density at radius 3 is 1.23 bits per heavy atom. The number of fused-ring (bicyclic) bond motifs is 4. The number of thioether (sulfide) groups is 2. The molecule has 0 amide bonds. The summed E-state index contributed by atoms with van der Waals surface area (Å²) in [6.45, 7) is 3.24. The van der Waals surface area contributed by atoms with Gasteiger partial charge in [0, 0.05) is 21.0 Å². The number of rotatable bonds is 2. The number of allylic oxidation sites excluding steroid dienone is 4. The maximum Gasteiger partial charge on any atom is 0.380 e. The molecule has 2 aromatic rings. The van der Waals surface area contributed by atoms with Crippen LogP contribution in [0, 0.1) is 22.7 Å². The van der Waals surface area contributed by atoms with Crippen molar-refractivity contribution >= 4 is 33.3 Å². The SMILES string of the molecule is CC12SC(c3ccc(C#N)cc3)=CC1=C1C(=C3C=C(c4ccc(C#N)cc4)SC32C)C(F)(F)C(F)(F)C1(F)F. The van der Waals surface area contributed by atoms with Crippen LogP contribution in [0.25, 0.3) is 9.81 Å². The molecular formula is C29H16F6N2S2. The molecule has 10 heteroatoms. The molecule has 2 nitrogen and oxygen atoms in total. The quantitative estimate of drug-likeness (QED) is 0.341. The van der Waals surface area contributed by atoms with E-state index in [0.717, 1.165) is 23.5 Å². The van der Waals surface area contributed by atoms with Crippen molar-refractivity contribution in [2.45, 2.75) is 41.1 Å². The van der Waals surface area contributed by atoms with Gasteiger partial charge in [-0.1, -0.05) is 24.3 Å². The van der Waals surface area contributed by atoms with E-state index >= 15 is 17.6 Å². The highest BCUT2D eigenvalue weighted by molar-refractivity contribution is 8.14. The second-order valence-electron chi connectivity index (χ2n) is 9.97. The Labute approximate surface area is 228 Å². The highest BCUT2D eigenvalue weighted by Gasteiger charge is 2.84. The normalized spacial score (nSPS) is 29.2. The average molecular weight is 571 g/mol. The molecule has 2 atom stereocenters. The number of hydrogen-bond acceptors (Lipinski definition) is 4. The fourth-order valence-electron chi connectivity index (χ4n) is 5.61. The van der Waals surface area contributed by atoms with Crippen molar-refractivity contribution in [3.63, 3.8) is 0 Å². The van der Waals surface area contributed by atoms with Gasteiger partial charge >= 0.3 is 17.8 Å². The smallest absolute Gasteiger partial charge is 0.194 e. The van der Waals surface area contributed by atoms with Gasteiger partial charge in [0.15, 0.2) is 0 Å². The number of hydrogen-bond donors (Lipinski definition) is 0. The molecule has 2 heterocycles. The fraction of sp³-hybridized carbons (Fsp3) is 0.241. The van der Waals surface area contributed by atoms with E-state index in [1.54, 1.807) is 38.1 Å². The van der Waals surface area contributed by atoms with Crippen LogP contribution in [0.4, 0.5) is 26.3 Å². The highest BCUT2D eigenvalue weighted by Crippen LogP contribution is 2.75. The van der Waals surface area contributed by atoms with Gasteiger partial charge in [0.05, 0.1) is 32.8 Å². The van der Waals surface area contributed by atoms with Gasteiger partial charge in [-0.3, -0.25) is 0 Å². The zero-order chi connectivity index (χ0) is 28.2. The number of nitrogens with zero attached hydrogens (tertiary/aromatic N) is 2. The Morgan fingerprint density at radius 2 is 0.923 bits per heavy atom. The summed E-state index contributed by atoms with van der Waals surface area (Å²) in [4.78, 5) is 0.904. The maximum atomic E-state index is 15.4. The van der Waals surface area contributed by atoms with Crippen molar-refractivity contribution in [3.05, 3.63) is 105 Å². The number of benzene rings is 2. The summed E-state index contributed by atoms with van der Waals surface area (Å²) in [5.74, 6) is -15.8. The van der Waals surface area contributed by atoms with Gasteiger partial charge in [-0.15, -0.1) is 23.5 Å². The first kappa shape index (κ1) is 25.9. The molecular weight excluding hydrogens is 554 g/mol. The highest BCUT2D eigenvalue weighted by atomic mass is 32.2. The lowest BCUT2D eigenvalue weighted by Crippen LogP contribution is -2.48. The molecule has 196 valence electrons. The first-order valence-electron chi connectivity index (χ1n) is 11.7. The third-order valence-corrected chi connectivity index (χ3v) is 11.3. The van der Waals surface area contributed by atoms with Crippen LogP contribution in [0.2, 0.25) is 0 Å². The molecule has 0 saturated heterocycles. The summed E-state index contributed by atoms with van der Waals surface area (Å²) >= 11 is 2.32. The number of alkyl halides is 6. The van der Waals surface area contributed by atoms with Crippen LogP contribution in [0.3, 0.4) is 0 Å². The summed E-state index contributed by atoms with van der Waals surface area (Å²) in [5.41, 5.74) is -1.29. The summed E-state index contributed by atoms with van der Waals surface area (Å²) in [5, 5.41) is 18.2. The lowest BCUT2D eigenvalue weighted by molar-refractivity contribution is -0.258. The van der Waals surface area contributed by atoms with E-state index in [9.17, 15) is 8.78 Å². The standard InChI is InChI=1S/C29H16F6N2S2/c1-25-19(11-21(38-25)17-7-3-15(13-36)4-8-17)23-24(28(32,33)29(34,35)27(23,30)31)20-12-22(39-26(20,25)2)18-9-5-16(14-37)6-10-18/h3-12H,1-2H3. The Kier molecular flexibility index (Phi) is 5.23. The lowest BCUT2D eigenvalue weighted by Gasteiger charge is -2.47. The molecule has 6 rings (SSSR count). The van der Waals surface area contributed by atoms with Gasteiger partial charge in [0.25, 0.3) is 0 Å². The molecule has 0 aromatic heterocycles. The van der Waals surface area contributed by atoms with Crippen molar-refractivity contribution in [3.8, 4) is 12.1 Å². The van der Waals surface area contributed by atoms with Gasteiger partial charge in [-0.05, 0) is 72.5 Å². The molecule has 39 heavy (non-hydrogen) atoms. The summed E-state index contributed by atoms with van der Waals surface area (Å²) < 4.78 is 88.8. The van der Waals surface area contributed by atoms with E-state index in [4.69, 9.17) is 10.5 Å². The van der Waals surface area contributed by atoms with Crippen molar-refractivity contribution in [2.75, 3.05) is 0 Å². The minimum absolute atomic E-state index is 0.253. The van der Waals surface area contributed by atoms with Crippen LogP contribution >= 0.6 is 23.5 Å². The molecule has 0 N–H and O–H groups in total. The minimum atomic E-state index is -5.62. The predicted molar refractivity (Wildman–Crippen MR) is 139 cm³/mol. The lowest BCUT2D eigenvalue weighted by atomic mass is 9.71. The second-order valence-corrected chi connectivity index (χ2v) is 12.9. The molecule has 1 fully saturated rings. The van der Waals surface area contributed by atoms with Gasteiger partial charge in [0.2, 0.25) is 0 Å². The zero-order valence-electron chi connectivity index (χ0n) is 20.3. The molecule has 2 aliphatic carbocycles. The zero-order valence-corrected chi connectivity index (χ0v) is 21.9. The largest absolute Gasteiger partial charge is 0.380 e. The van der Waals surface area contributed by atoms with Gasteiger partial charge in [-0.25, -0.2) is 0 Å². The number of nitriles is 2. The molecule has 0 spiro atoms. The maximum absolute atomic E-state index is 15.4. The van der Waals surface area contributed by atoms with Crippen LogP contribution in [0.15, 0.2) is 83.0 Å². The average Bonchev–Trinajstić information content (AvgIpc) is 3.48. The molecule has 0 bridgehead atoms. The summed E-state index contributed by atoms with van der Waals surface area (Å²) in [6, 6.07) is 16.6. The van der Waals surface area contributed by atoms with Crippen molar-refractivity contribution in [2.24, 2.45) is 0 Å². The minimum Gasteiger partial charge on any atom is -0.194 e. The Bertz CT molecular complexity index is 1550. The van der Waals surface area contributed by atoms with E-state index < -0.39 is 38.4 Å². The summed E-state index contributed by atoms with van der Waals surface area (Å²) in [6.07, 6.45) is 2.63. The topological polar surface area (TPSA) is 47.6 Å². The molecule has 4 aliphatic rings. The Morgan fingerprint density at radius 1 is 0.590 bits per heavy atom. The van der Waals surface area contributed by atoms with Crippen LogP contribution in [0.5, 0.6) is 0 Å². The van der Waals surface area contributed by atoms with Crippen molar-refractivity contribution in [1.82, 2.24) is 0 Å². The van der Waals surface area contributed by atoms with Crippen LogP contribution in [0.1, 0.15) is 36.1 Å². The molecule has 2 aliphatic heterocycles. The van der Waals surface area contributed by atoms with Gasteiger partial charge in [0.1, 0.15) is 0 Å². The van der Waals surface area contributed by atoms with Crippen molar-refractivity contribution in [1.29, 1.82) is 10.5 Å². The van der Waals surface area contributed by atoms with Gasteiger partial charge in [-0.2, -0.15) is 36.9 Å². The van der Waals surface area contributed by atoms with Crippen LogP contribution in [-0.2, 0) is 0 Å². The second kappa shape index (κ2) is 7.87. The van der Waals surface area contributed by atoms with Crippen molar-refractivity contribution < 1.29 is 26.3 Å². The van der Waals surface area contributed by atoms with E-state index in [-0.39, 0.29) is 11.1 Å². The number of halogens is 6. The third kappa shape index (κ3) is 3.07. The molecule has 0 radical (unpaired) electrons. The third-order valence-electron chi connectivity index (χ3n) is 7.92. The molecule has 1 saturated carbocycles. The first-order valence-corrected chi connectivity index (χ1v) is 13.3.